The molecular formula is C24H20N2O3S. The number of aromatic nitrogens is 1. The fraction of sp³-hybridized carbons (Fsp3) is 0.125. The Morgan fingerprint density at radius 3 is 2.40 bits per heavy atom. The summed E-state index contributed by atoms with van der Waals surface area (Å²) in [4.78, 5) is 29.1. The highest BCUT2D eigenvalue weighted by Crippen LogP contribution is 2.24. The normalized spacial score (nSPS) is 11.8. The summed E-state index contributed by atoms with van der Waals surface area (Å²) in [6.07, 6.45) is -0.168. The highest BCUT2D eigenvalue weighted by Gasteiger charge is 2.19. The first-order chi connectivity index (χ1) is 14.6. The van der Waals surface area contributed by atoms with Gasteiger partial charge in [0.15, 0.2) is 6.10 Å². The predicted molar refractivity (Wildman–Crippen MR) is 119 cm³/mol. The molecule has 6 heteroatoms. The monoisotopic (exact) mass is 416 g/mol. The molecule has 0 fully saturated rings. The zero-order chi connectivity index (χ0) is 20.9. The van der Waals surface area contributed by atoms with Gasteiger partial charge in [-0.3, -0.25) is 4.79 Å². The molecule has 1 aromatic heterocycles. The lowest BCUT2D eigenvalue weighted by atomic mass is 10.1. The average molecular weight is 417 g/mol. The van der Waals surface area contributed by atoms with Gasteiger partial charge in [0.05, 0.1) is 20.8 Å². The van der Waals surface area contributed by atoms with E-state index in [9.17, 15) is 9.59 Å². The topological polar surface area (TPSA) is 68.3 Å². The number of anilines is 1. The zero-order valence-electron chi connectivity index (χ0n) is 16.4. The number of carbonyl (C=O) groups is 2. The number of para-hydroxylation sites is 1. The third-order valence-electron chi connectivity index (χ3n) is 4.58. The molecule has 0 aliphatic rings. The van der Waals surface area contributed by atoms with E-state index >= 15 is 0 Å². The smallest absolute Gasteiger partial charge is 0.338 e. The van der Waals surface area contributed by atoms with Crippen molar-refractivity contribution in [3.63, 3.8) is 0 Å². The van der Waals surface area contributed by atoms with Crippen LogP contribution in [0, 0.1) is 0 Å². The largest absolute Gasteiger partial charge is 0.449 e. The van der Waals surface area contributed by atoms with Crippen molar-refractivity contribution >= 4 is 39.1 Å². The van der Waals surface area contributed by atoms with Gasteiger partial charge >= 0.3 is 5.97 Å². The average Bonchev–Trinajstić information content (AvgIpc) is 3.18. The predicted octanol–water partition coefficient (Wildman–Crippen LogP) is 5.07. The van der Waals surface area contributed by atoms with Crippen LogP contribution < -0.4 is 5.32 Å². The van der Waals surface area contributed by atoms with Crippen molar-refractivity contribution < 1.29 is 14.3 Å². The number of nitrogens with zero attached hydrogens (tertiary/aromatic N) is 1. The molecule has 5 nitrogen and oxygen atoms in total. The van der Waals surface area contributed by atoms with E-state index in [0.29, 0.717) is 11.3 Å². The Bertz CT molecular complexity index is 1140. The van der Waals surface area contributed by atoms with E-state index in [4.69, 9.17) is 4.74 Å². The summed E-state index contributed by atoms with van der Waals surface area (Å²) in [5.41, 5.74) is 3.18. The number of carbonyl (C=O) groups excluding carboxylic acids is 2. The van der Waals surface area contributed by atoms with Crippen LogP contribution in [0.2, 0.25) is 0 Å². The summed E-state index contributed by atoms with van der Waals surface area (Å²) in [6, 6.07) is 24.3. The van der Waals surface area contributed by atoms with Crippen LogP contribution in [0.25, 0.3) is 10.2 Å². The SMILES string of the molecule is C[C@@H](OC(=O)c1ccccc1)C(=O)Nc1ccc(Cc2nc3ccccc3s2)cc1. The van der Waals surface area contributed by atoms with Crippen LogP contribution in [0.1, 0.15) is 27.9 Å². The van der Waals surface area contributed by atoms with Gasteiger partial charge in [-0.1, -0.05) is 42.5 Å². The van der Waals surface area contributed by atoms with Crippen LogP contribution in [0.3, 0.4) is 0 Å². The molecule has 1 heterocycles. The number of esters is 1. The molecule has 1 atom stereocenters. The summed E-state index contributed by atoms with van der Waals surface area (Å²) in [5, 5.41) is 3.83. The van der Waals surface area contributed by atoms with Gasteiger partial charge in [-0.2, -0.15) is 0 Å². The third-order valence-corrected chi connectivity index (χ3v) is 5.61. The van der Waals surface area contributed by atoms with E-state index in [-0.39, 0.29) is 5.91 Å². The molecule has 150 valence electrons. The minimum absolute atomic E-state index is 0.377. The molecule has 0 aliphatic carbocycles. The lowest BCUT2D eigenvalue weighted by molar-refractivity contribution is -0.123. The van der Waals surface area contributed by atoms with Crippen LogP contribution in [-0.4, -0.2) is 23.0 Å². The fourth-order valence-electron chi connectivity index (χ4n) is 2.98. The third kappa shape index (κ3) is 4.72. The number of thiazole rings is 1. The van der Waals surface area contributed by atoms with E-state index in [0.717, 1.165) is 22.5 Å². The first-order valence-electron chi connectivity index (χ1n) is 9.59. The summed E-state index contributed by atoms with van der Waals surface area (Å²) in [6.45, 7) is 1.55. The Morgan fingerprint density at radius 2 is 1.67 bits per heavy atom. The van der Waals surface area contributed by atoms with Gasteiger partial charge in [-0.15, -0.1) is 11.3 Å². The second kappa shape index (κ2) is 8.88. The molecule has 1 amide bonds. The van der Waals surface area contributed by atoms with Crippen molar-refractivity contribution in [3.8, 4) is 0 Å². The molecule has 1 N–H and O–H groups in total. The quantitative estimate of drug-likeness (QED) is 0.446. The summed E-state index contributed by atoms with van der Waals surface area (Å²) in [5.74, 6) is -0.900. The molecule has 0 radical (unpaired) electrons. The van der Waals surface area contributed by atoms with Crippen molar-refractivity contribution in [2.24, 2.45) is 0 Å². The van der Waals surface area contributed by atoms with Crippen molar-refractivity contribution in [1.29, 1.82) is 0 Å². The Labute approximate surface area is 178 Å². The lowest BCUT2D eigenvalue weighted by Crippen LogP contribution is -2.30. The van der Waals surface area contributed by atoms with Crippen LogP contribution in [0.15, 0.2) is 78.9 Å². The van der Waals surface area contributed by atoms with E-state index < -0.39 is 12.1 Å². The van der Waals surface area contributed by atoms with Crippen LogP contribution in [0.4, 0.5) is 5.69 Å². The molecule has 0 bridgehead atoms. The lowest BCUT2D eigenvalue weighted by Gasteiger charge is -2.13. The Balaban J connectivity index is 1.34. The molecule has 0 unspecified atom stereocenters. The number of fused-ring (bicyclic) bond motifs is 1. The minimum Gasteiger partial charge on any atom is -0.449 e. The number of benzene rings is 3. The van der Waals surface area contributed by atoms with Crippen molar-refractivity contribution in [3.05, 3.63) is 95.0 Å². The van der Waals surface area contributed by atoms with Crippen LogP contribution >= 0.6 is 11.3 Å². The Morgan fingerprint density at radius 1 is 0.967 bits per heavy atom. The molecule has 30 heavy (non-hydrogen) atoms. The van der Waals surface area contributed by atoms with Gasteiger partial charge in [0.1, 0.15) is 0 Å². The number of hydrogen-bond donors (Lipinski definition) is 1. The number of ether oxygens (including phenoxy) is 1. The van der Waals surface area contributed by atoms with Gasteiger partial charge in [-0.25, -0.2) is 9.78 Å². The Kier molecular flexibility index (Phi) is 5.86. The fourth-order valence-corrected chi connectivity index (χ4v) is 3.98. The van der Waals surface area contributed by atoms with Gasteiger partial charge in [0, 0.05) is 12.1 Å². The maximum absolute atomic E-state index is 12.4. The highest BCUT2D eigenvalue weighted by molar-refractivity contribution is 7.18. The summed E-state index contributed by atoms with van der Waals surface area (Å²) < 4.78 is 6.42. The number of hydrogen-bond acceptors (Lipinski definition) is 5. The maximum atomic E-state index is 12.4. The van der Waals surface area contributed by atoms with Crippen molar-refractivity contribution in [2.45, 2.75) is 19.4 Å². The highest BCUT2D eigenvalue weighted by atomic mass is 32.1. The maximum Gasteiger partial charge on any atom is 0.338 e. The molecule has 4 rings (SSSR count). The molecule has 0 spiro atoms. The van der Waals surface area contributed by atoms with Gasteiger partial charge < -0.3 is 10.1 Å². The second-order valence-corrected chi connectivity index (χ2v) is 7.97. The van der Waals surface area contributed by atoms with E-state index in [2.05, 4.69) is 16.4 Å². The summed E-state index contributed by atoms with van der Waals surface area (Å²) >= 11 is 1.69. The van der Waals surface area contributed by atoms with Crippen LogP contribution in [0.5, 0.6) is 0 Å². The molecule has 0 aliphatic heterocycles. The Hall–Kier alpha value is -3.51. The number of nitrogens with one attached hydrogen (secondary N) is 1. The zero-order valence-corrected chi connectivity index (χ0v) is 17.2. The van der Waals surface area contributed by atoms with Gasteiger partial charge in [-0.05, 0) is 48.9 Å². The standard InChI is InChI=1S/C24H20N2O3S/c1-16(29-24(28)18-7-3-2-4-8-18)23(27)25-19-13-11-17(12-14-19)15-22-26-20-9-5-6-10-21(20)30-22/h2-14,16H,15H2,1H3,(H,25,27)/t16-/m1/s1. The molecule has 3 aromatic carbocycles. The van der Waals surface area contributed by atoms with Gasteiger partial charge in [0.25, 0.3) is 5.91 Å². The summed E-state index contributed by atoms with van der Waals surface area (Å²) in [7, 11) is 0. The molecule has 0 saturated carbocycles. The van der Waals surface area contributed by atoms with E-state index in [1.54, 1.807) is 42.5 Å². The first-order valence-corrected chi connectivity index (χ1v) is 10.4. The van der Waals surface area contributed by atoms with Crippen molar-refractivity contribution in [2.75, 3.05) is 5.32 Å². The number of amides is 1. The van der Waals surface area contributed by atoms with Gasteiger partial charge in [0.2, 0.25) is 0 Å². The second-order valence-electron chi connectivity index (χ2n) is 6.85. The molecular weight excluding hydrogens is 396 g/mol. The molecule has 4 aromatic rings. The minimum atomic E-state index is -0.903. The first kappa shape index (κ1) is 19.8. The van der Waals surface area contributed by atoms with E-state index in [1.165, 1.54) is 4.70 Å². The number of rotatable bonds is 6. The van der Waals surface area contributed by atoms with E-state index in [1.807, 2.05) is 48.5 Å². The molecule has 0 saturated heterocycles. The van der Waals surface area contributed by atoms with Crippen molar-refractivity contribution in [1.82, 2.24) is 4.98 Å². The van der Waals surface area contributed by atoms with Crippen LogP contribution in [-0.2, 0) is 16.0 Å².